The Morgan fingerprint density at radius 1 is 1.62 bits per heavy atom. The molecule has 0 spiro atoms. The molecule has 1 aromatic rings. The standard InChI is InChI=1S/C12H14BrNO2/c1-14-7-8(5-6-11(15)16)12-9(13)3-2-4-10(12)14/h2-4,8H,5-7H2,1H3,(H,15,16). The number of anilines is 1. The number of carboxylic acids is 1. The van der Waals surface area contributed by atoms with E-state index >= 15 is 0 Å². The van der Waals surface area contributed by atoms with Gasteiger partial charge in [0, 0.05) is 36.1 Å². The molecule has 1 aliphatic heterocycles. The first-order chi connectivity index (χ1) is 7.59. The molecule has 86 valence electrons. The van der Waals surface area contributed by atoms with E-state index in [0.717, 1.165) is 11.0 Å². The molecular formula is C12H14BrNO2. The van der Waals surface area contributed by atoms with Gasteiger partial charge in [-0.3, -0.25) is 4.79 Å². The van der Waals surface area contributed by atoms with Crippen LogP contribution in [-0.2, 0) is 4.79 Å². The Morgan fingerprint density at radius 2 is 2.38 bits per heavy atom. The summed E-state index contributed by atoms with van der Waals surface area (Å²) in [6.07, 6.45) is 0.939. The Morgan fingerprint density at radius 3 is 3.06 bits per heavy atom. The van der Waals surface area contributed by atoms with Crippen molar-refractivity contribution < 1.29 is 9.90 Å². The van der Waals surface area contributed by atoms with Crippen molar-refractivity contribution in [3.63, 3.8) is 0 Å². The molecule has 4 heteroatoms. The zero-order chi connectivity index (χ0) is 11.7. The van der Waals surface area contributed by atoms with Gasteiger partial charge in [-0.1, -0.05) is 22.0 Å². The fourth-order valence-corrected chi connectivity index (χ4v) is 3.00. The molecule has 1 N–H and O–H groups in total. The van der Waals surface area contributed by atoms with Gasteiger partial charge in [-0.15, -0.1) is 0 Å². The van der Waals surface area contributed by atoms with Crippen LogP contribution in [0.1, 0.15) is 24.3 Å². The first-order valence-corrected chi connectivity index (χ1v) is 6.10. The van der Waals surface area contributed by atoms with Crippen LogP contribution >= 0.6 is 15.9 Å². The molecule has 1 atom stereocenters. The predicted molar refractivity (Wildman–Crippen MR) is 67.0 cm³/mol. The van der Waals surface area contributed by atoms with Crippen LogP contribution in [0.5, 0.6) is 0 Å². The van der Waals surface area contributed by atoms with E-state index in [0.29, 0.717) is 12.3 Å². The molecule has 3 nitrogen and oxygen atoms in total. The second-order valence-electron chi connectivity index (χ2n) is 4.18. The molecule has 0 radical (unpaired) electrons. The summed E-state index contributed by atoms with van der Waals surface area (Å²) in [7, 11) is 2.05. The van der Waals surface area contributed by atoms with E-state index in [1.54, 1.807) is 0 Å². The van der Waals surface area contributed by atoms with Gasteiger partial charge in [0.25, 0.3) is 0 Å². The second-order valence-corrected chi connectivity index (χ2v) is 5.04. The first kappa shape index (κ1) is 11.5. The average Bonchev–Trinajstić information content (AvgIpc) is 2.55. The van der Waals surface area contributed by atoms with Crippen LogP contribution < -0.4 is 4.90 Å². The average molecular weight is 284 g/mol. The third-order valence-electron chi connectivity index (χ3n) is 3.05. The molecule has 0 aliphatic carbocycles. The van der Waals surface area contributed by atoms with Crippen LogP contribution in [0.15, 0.2) is 22.7 Å². The van der Waals surface area contributed by atoms with E-state index < -0.39 is 5.97 Å². The van der Waals surface area contributed by atoms with Gasteiger partial charge in [0.15, 0.2) is 0 Å². The van der Waals surface area contributed by atoms with E-state index in [1.807, 2.05) is 19.2 Å². The van der Waals surface area contributed by atoms with Crippen LogP contribution in [0.2, 0.25) is 0 Å². The Bertz CT molecular complexity index is 419. The van der Waals surface area contributed by atoms with Gasteiger partial charge in [-0.05, 0) is 24.1 Å². The number of likely N-dealkylation sites (N-methyl/N-ethyl adjacent to an activating group) is 1. The van der Waals surface area contributed by atoms with Gasteiger partial charge in [-0.2, -0.15) is 0 Å². The van der Waals surface area contributed by atoms with Gasteiger partial charge in [0.2, 0.25) is 0 Å². The number of hydrogen-bond acceptors (Lipinski definition) is 2. The fourth-order valence-electron chi connectivity index (χ4n) is 2.32. The summed E-state index contributed by atoms with van der Waals surface area (Å²) in [5, 5.41) is 8.73. The molecule has 1 aliphatic rings. The Balaban J connectivity index is 2.24. The second kappa shape index (κ2) is 4.45. The Kier molecular flexibility index (Phi) is 3.19. The number of aliphatic carboxylic acids is 1. The minimum absolute atomic E-state index is 0.235. The molecule has 1 unspecified atom stereocenters. The van der Waals surface area contributed by atoms with Crippen molar-refractivity contribution in [1.82, 2.24) is 0 Å². The van der Waals surface area contributed by atoms with Crippen LogP contribution in [0.3, 0.4) is 0 Å². The summed E-state index contributed by atoms with van der Waals surface area (Å²) >= 11 is 3.55. The molecule has 0 aromatic heterocycles. The minimum Gasteiger partial charge on any atom is -0.481 e. The summed E-state index contributed by atoms with van der Waals surface area (Å²) in [5.74, 6) is -0.394. The van der Waals surface area contributed by atoms with Crippen molar-refractivity contribution in [2.24, 2.45) is 0 Å². The molecular weight excluding hydrogens is 270 g/mol. The molecule has 0 saturated heterocycles. The zero-order valence-electron chi connectivity index (χ0n) is 9.11. The van der Waals surface area contributed by atoms with Crippen molar-refractivity contribution in [2.45, 2.75) is 18.8 Å². The number of hydrogen-bond donors (Lipinski definition) is 1. The lowest BCUT2D eigenvalue weighted by atomic mass is 9.96. The number of benzene rings is 1. The van der Waals surface area contributed by atoms with Crippen LogP contribution in [0, 0.1) is 0 Å². The summed E-state index contributed by atoms with van der Waals surface area (Å²) in [6.45, 7) is 0.908. The van der Waals surface area contributed by atoms with Crippen molar-refractivity contribution in [3.05, 3.63) is 28.2 Å². The van der Waals surface area contributed by atoms with Crippen molar-refractivity contribution >= 4 is 27.6 Å². The Labute approximate surface area is 103 Å². The lowest BCUT2D eigenvalue weighted by Crippen LogP contribution is -2.15. The zero-order valence-corrected chi connectivity index (χ0v) is 10.7. The topological polar surface area (TPSA) is 40.5 Å². The number of nitrogens with zero attached hydrogens (tertiary/aromatic N) is 1. The lowest BCUT2D eigenvalue weighted by Gasteiger charge is -2.11. The predicted octanol–water partition coefficient (Wildman–Crippen LogP) is 2.85. The first-order valence-electron chi connectivity index (χ1n) is 5.31. The molecule has 0 bridgehead atoms. The third kappa shape index (κ3) is 2.07. The number of rotatable bonds is 3. The van der Waals surface area contributed by atoms with E-state index in [9.17, 15) is 4.79 Å². The van der Waals surface area contributed by atoms with Gasteiger partial charge in [0.1, 0.15) is 0 Å². The summed E-state index contributed by atoms with van der Waals surface area (Å²) in [5.41, 5.74) is 2.47. The van der Waals surface area contributed by atoms with Gasteiger partial charge in [0.05, 0.1) is 0 Å². The fraction of sp³-hybridized carbons (Fsp3) is 0.417. The maximum atomic E-state index is 10.6. The lowest BCUT2D eigenvalue weighted by molar-refractivity contribution is -0.137. The highest BCUT2D eigenvalue weighted by molar-refractivity contribution is 9.10. The monoisotopic (exact) mass is 283 g/mol. The summed E-state index contributed by atoms with van der Waals surface area (Å²) in [4.78, 5) is 12.8. The molecule has 0 amide bonds. The van der Waals surface area contributed by atoms with Crippen molar-refractivity contribution in [1.29, 1.82) is 0 Å². The number of halogens is 1. The highest BCUT2D eigenvalue weighted by Crippen LogP contribution is 2.41. The van der Waals surface area contributed by atoms with E-state index in [2.05, 4.69) is 26.9 Å². The molecule has 1 aromatic carbocycles. The van der Waals surface area contributed by atoms with Crippen LogP contribution in [0.25, 0.3) is 0 Å². The number of carbonyl (C=O) groups is 1. The van der Waals surface area contributed by atoms with E-state index in [-0.39, 0.29) is 6.42 Å². The number of carboxylic acid groups (broad SMARTS) is 1. The largest absolute Gasteiger partial charge is 0.481 e. The van der Waals surface area contributed by atoms with Gasteiger partial charge >= 0.3 is 5.97 Å². The highest BCUT2D eigenvalue weighted by Gasteiger charge is 2.28. The smallest absolute Gasteiger partial charge is 0.303 e. The van der Waals surface area contributed by atoms with Crippen LogP contribution in [0.4, 0.5) is 5.69 Å². The summed E-state index contributed by atoms with van der Waals surface area (Å²) < 4.78 is 1.09. The maximum Gasteiger partial charge on any atom is 0.303 e. The third-order valence-corrected chi connectivity index (χ3v) is 3.74. The highest BCUT2D eigenvalue weighted by atomic mass is 79.9. The normalized spacial score (nSPS) is 18.6. The molecule has 1 heterocycles. The minimum atomic E-state index is -0.719. The van der Waals surface area contributed by atoms with Gasteiger partial charge < -0.3 is 10.0 Å². The maximum absolute atomic E-state index is 10.6. The molecule has 2 rings (SSSR count). The van der Waals surface area contributed by atoms with Crippen molar-refractivity contribution in [3.8, 4) is 0 Å². The molecule has 16 heavy (non-hydrogen) atoms. The van der Waals surface area contributed by atoms with E-state index in [1.165, 1.54) is 11.3 Å². The SMILES string of the molecule is CN1CC(CCC(=O)O)c2c(Br)cccc21. The van der Waals surface area contributed by atoms with Gasteiger partial charge in [-0.25, -0.2) is 0 Å². The summed E-state index contributed by atoms with van der Waals surface area (Å²) in [6, 6.07) is 6.12. The number of fused-ring (bicyclic) bond motifs is 1. The van der Waals surface area contributed by atoms with Crippen molar-refractivity contribution in [2.75, 3.05) is 18.5 Å². The molecule has 0 fully saturated rings. The molecule has 0 saturated carbocycles. The van der Waals surface area contributed by atoms with Crippen LogP contribution in [-0.4, -0.2) is 24.7 Å². The Hall–Kier alpha value is -1.03. The van der Waals surface area contributed by atoms with E-state index in [4.69, 9.17) is 5.11 Å². The quantitative estimate of drug-likeness (QED) is 0.927.